The van der Waals surface area contributed by atoms with Crippen molar-refractivity contribution in [1.29, 1.82) is 0 Å². The summed E-state index contributed by atoms with van der Waals surface area (Å²) in [6, 6.07) is 14.0. The molecule has 220 valence electrons. The van der Waals surface area contributed by atoms with Crippen LogP contribution in [0.5, 0.6) is 11.5 Å². The molecule has 1 N–H and O–H groups in total. The molecule has 6 nitrogen and oxygen atoms in total. The summed E-state index contributed by atoms with van der Waals surface area (Å²) in [6.45, 7) is 2.42. The third-order valence-corrected chi connectivity index (χ3v) is 10.4. The first kappa shape index (κ1) is 28.1. The van der Waals surface area contributed by atoms with Crippen LogP contribution in [-0.4, -0.2) is 43.7 Å². The van der Waals surface area contributed by atoms with Gasteiger partial charge in [-0.15, -0.1) is 0 Å². The lowest BCUT2D eigenvalue weighted by molar-refractivity contribution is -0.137. The molecule has 4 aliphatic rings. The fourth-order valence-electron chi connectivity index (χ4n) is 7.95. The molecule has 0 radical (unpaired) electrons. The van der Waals surface area contributed by atoms with E-state index in [1.54, 1.807) is 7.11 Å². The van der Waals surface area contributed by atoms with E-state index in [1.165, 1.54) is 25.7 Å². The van der Waals surface area contributed by atoms with Gasteiger partial charge < -0.3 is 19.5 Å². The number of ketones is 1. The summed E-state index contributed by atoms with van der Waals surface area (Å²) in [5.41, 5.74) is 2.93. The summed E-state index contributed by atoms with van der Waals surface area (Å²) < 4.78 is 11.8. The van der Waals surface area contributed by atoms with Crippen molar-refractivity contribution in [3.63, 3.8) is 0 Å². The number of fused-ring (bicyclic) bond motifs is 2. The van der Waals surface area contributed by atoms with Gasteiger partial charge >= 0.3 is 5.97 Å². The monoisotopic (exact) mass is 559 g/mol. The molecular formula is C35H45NO5. The van der Waals surface area contributed by atoms with Gasteiger partial charge in [-0.25, -0.2) is 0 Å². The average Bonchev–Trinajstić information content (AvgIpc) is 3.62. The highest BCUT2D eigenvalue weighted by molar-refractivity contribution is 6.01. The number of hydrogen-bond acceptors (Lipinski definition) is 5. The minimum absolute atomic E-state index is 0.0762. The Morgan fingerprint density at radius 3 is 2.49 bits per heavy atom. The van der Waals surface area contributed by atoms with E-state index in [9.17, 15) is 14.7 Å². The van der Waals surface area contributed by atoms with Gasteiger partial charge in [0.25, 0.3) is 0 Å². The average molecular weight is 560 g/mol. The number of carbonyl (C=O) groups is 2. The SMILES string of the molecule is COc1ccc(C(=O)CCC2C[C@@H]3CC[C@H]2C3)c(N2CCC(COc3cccc(C(CC(=O)O)C4CC4)c3)CC2)c1. The van der Waals surface area contributed by atoms with Gasteiger partial charge in [0.15, 0.2) is 5.78 Å². The largest absolute Gasteiger partial charge is 0.497 e. The molecule has 2 unspecified atom stereocenters. The van der Waals surface area contributed by atoms with E-state index >= 15 is 0 Å². The summed E-state index contributed by atoms with van der Waals surface area (Å²) in [6.07, 6.45) is 11.6. The molecule has 3 saturated carbocycles. The Hall–Kier alpha value is -3.02. The van der Waals surface area contributed by atoms with Crippen LogP contribution < -0.4 is 14.4 Å². The third kappa shape index (κ3) is 6.73. The number of anilines is 1. The molecule has 4 fully saturated rings. The van der Waals surface area contributed by atoms with E-state index in [1.807, 2.05) is 42.5 Å². The normalized spacial score (nSPS) is 24.8. The first-order valence-corrected chi connectivity index (χ1v) is 15.9. The highest BCUT2D eigenvalue weighted by atomic mass is 16.5. The molecule has 2 bridgehead atoms. The topological polar surface area (TPSA) is 76.1 Å². The summed E-state index contributed by atoms with van der Waals surface area (Å²) in [4.78, 5) is 27.2. The first-order chi connectivity index (χ1) is 20.0. The van der Waals surface area contributed by atoms with Crippen molar-refractivity contribution in [2.75, 3.05) is 31.7 Å². The van der Waals surface area contributed by atoms with Crippen LogP contribution >= 0.6 is 0 Å². The lowest BCUT2D eigenvalue weighted by atomic mass is 9.84. The van der Waals surface area contributed by atoms with E-state index in [0.29, 0.717) is 24.9 Å². The number of ether oxygens (including phenoxy) is 2. The van der Waals surface area contributed by atoms with E-state index < -0.39 is 5.97 Å². The molecule has 3 aliphatic carbocycles. The van der Waals surface area contributed by atoms with Crippen LogP contribution in [0.25, 0.3) is 0 Å². The van der Waals surface area contributed by atoms with E-state index in [4.69, 9.17) is 9.47 Å². The van der Waals surface area contributed by atoms with Gasteiger partial charge in [-0.1, -0.05) is 18.6 Å². The fourth-order valence-corrected chi connectivity index (χ4v) is 7.95. The van der Waals surface area contributed by atoms with Crippen LogP contribution in [0.1, 0.15) is 92.5 Å². The molecule has 0 aromatic heterocycles. The molecule has 2 aromatic rings. The number of carboxylic acid groups (broad SMARTS) is 1. The van der Waals surface area contributed by atoms with Gasteiger partial charge in [-0.05, 0) is 117 Å². The second-order valence-electron chi connectivity index (χ2n) is 13.1. The molecule has 2 aromatic carbocycles. The molecule has 4 atom stereocenters. The molecule has 41 heavy (non-hydrogen) atoms. The predicted molar refractivity (Wildman–Crippen MR) is 160 cm³/mol. The van der Waals surface area contributed by atoms with Crippen LogP contribution in [0.15, 0.2) is 42.5 Å². The Kier molecular flexibility index (Phi) is 8.55. The van der Waals surface area contributed by atoms with Gasteiger partial charge in [0.2, 0.25) is 0 Å². The molecule has 6 heteroatoms. The number of carbonyl (C=O) groups excluding carboxylic acids is 1. The number of carboxylic acids is 1. The highest BCUT2D eigenvalue weighted by Gasteiger charge is 2.39. The minimum atomic E-state index is -0.735. The van der Waals surface area contributed by atoms with Gasteiger partial charge in [0.1, 0.15) is 11.5 Å². The van der Waals surface area contributed by atoms with Crippen molar-refractivity contribution in [2.24, 2.45) is 29.6 Å². The number of rotatable bonds is 13. The highest BCUT2D eigenvalue weighted by Crippen LogP contribution is 2.50. The fraction of sp³-hybridized carbons (Fsp3) is 0.600. The zero-order valence-corrected chi connectivity index (χ0v) is 24.4. The van der Waals surface area contributed by atoms with Crippen LogP contribution in [0.2, 0.25) is 0 Å². The Morgan fingerprint density at radius 1 is 0.976 bits per heavy atom. The summed E-state index contributed by atoms with van der Waals surface area (Å²) in [5.74, 6) is 4.68. The maximum absolute atomic E-state index is 13.5. The molecule has 1 aliphatic heterocycles. The number of benzene rings is 2. The second-order valence-corrected chi connectivity index (χ2v) is 13.1. The Labute approximate surface area is 244 Å². The molecular weight excluding hydrogens is 514 g/mol. The lowest BCUT2D eigenvalue weighted by Gasteiger charge is -2.34. The summed E-state index contributed by atoms with van der Waals surface area (Å²) in [7, 11) is 1.68. The maximum atomic E-state index is 13.5. The van der Waals surface area contributed by atoms with Gasteiger partial charge in [0.05, 0.1) is 25.8 Å². The first-order valence-electron chi connectivity index (χ1n) is 15.9. The smallest absolute Gasteiger partial charge is 0.303 e. The maximum Gasteiger partial charge on any atom is 0.303 e. The standard InChI is InChI=1S/C35H45NO5/c1-40-29-10-11-31(34(37)12-9-27-18-24-5-6-26(27)17-24)33(20-29)36-15-13-23(14-16-36)22-41-30-4-2-3-28(19-30)32(21-35(38)39)25-7-8-25/h2-4,10-11,19-20,23-27,32H,5-9,12-18,21-22H2,1H3,(H,38,39)/t24-,26+,27?,32?/m1/s1. The zero-order valence-electron chi connectivity index (χ0n) is 24.4. The number of hydrogen-bond donors (Lipinski definition) is 1. The van der Waals surface area contributed by atoms with Crippen molar-refractivity contribution >= 4 is 17.4 Å². The molecule has 0 amide bonds. The van der Waals surface area contributed by atoms with Crippen molar-refractivity contribution in [3.8, 4) is 11.5 Å². The third-order valence-electron chi connectivity index (χ3n) is 10.4. The summed E-state index contributed by atoms with van der Waals surface area (Å²) in [5, 5.41) is 9.38. The van der Waals surface area contributed by atoms with E-state index in [2.05, 4.69) is 4.90 Å². The minimum Gasteiger partial charge on any atom is -0.497 e. The molecule has 1 heterocycles. The van der Waals surface area contributed by atoms with Crippen LogP contribution in [0.4, 0.5) is 5.69 Å². The zero-order chi connectivity index (χ0) is 28.3. The van der Waals surface area contributed by atoms with Gasteiger partial charge in [-0.2, -0.15) is 0 Å². The summed E-state index contributed by atoms with van der Waals surface area (Å²) >= 11 is 0. The predicted octanol–water partition coefficient (Wildman–Crippen LogP) is 7.36. The van der Waals surface area contributed by atoms with Crippen molar-refractivity contribution in [1.82, 2.24) is 0 Å². The quantitative estimate of drug-likeness (QED) is 0.259. The van der Waals surface area contributed by atoms with E-state index in [-0.39, 0.29) is 18.1 Å². The van der Waals surface area contributed by atoms with E-state index in [0.717, 1.165) is 91.3 Å². The van der Waals surface area contributed by atoms with Gasteiger partial charge in [-0.3, -0.25) is 9.59 Å². The Bertz CT molecular complexity index is 1230. The number of methoxy groups -OCH3 is 1. The van der Waals surface area contributed by atoms with Crippen LogP contribution in [0, 0.1) is 29.6 Å². The molecule has 0 spiro atoms. The van der Waals surface area contributed by atoms with Gasteiger partial charge in [0, 0.05) is 31.1 Å². The number of Topliss-reactive ketones (excluding diaryl/α,β-unsaturated/α-hetero) is 1. The second kappa shape index (κ2) is 12.5. The number of piperidine rings is 1. The van der Waals surface area contributed by atoms with Crippen LogP contribution in [-0.2, 0) is 4.79 Å². The Morgan fingerprint density at radius 2 is 1.80 bits per heavy atom. The Balaban J connectivity index is 1.04. The lowest BCUT2D eigenvalue weighted by Crippen LogP contribution is -2.36. The van der Waals surface area contributed by atoms with Crippen molar-refractivity contribution in [2.45, 2.75) is 76.5 Å². The number of aliphatic carboxylic acids is 1. The van der Waals surface area contributed by atoms with Crippen molar-refractivity contribution < 1.29 is 24.2 Å². The number of nitrogens with zero attached hydrogens (tertiary/aromatic N) is 1. The molecule has 6 rings (SSSR count). The molecule has 1 saturated heterocycles. The van der Waals surface area contributed by atoms with Crippen LogP contribution in [0.3, 0.4) is 0 Å². The van der Waals surface area contributed by atoms with Crippen molar-refractivity contribution in [3.05, 3.63) is 53.6 Å².